The van der Waals surface area contributed by atoms with Gasteiger partial charge in [-0.25, -0.2) is 9.31 Å². The summed E-state index contributed by atoms with van der Waals surface area (Å²) in [5.74, 6) is -0.664. The smallest absolute Gasteiger partial charge is 0.337 e. The highest BCUT2D eigenvalue weighted by Crippen LogP contribution is 2.19. The lowest BCUT2D eigenvalue weighted by atomic mass is 10.1. The molecule has 22 heavy (non-hydrogen) atoms. The minimum atomic E-state index is -1.07. The number of carboxylic acid groups (broad SMARTS) is 1. The van der Waals surface area contributed by atoms with E-state index in [-0.39, 0.29) is 16.6 Å². The highest BCUT2D eigenvalue weighted by molar-refractivity contribution is 5.92. The van der Waals surface area contributed by atoms with Crippen molar-refractivity contribution in [3.63, 3.8) is 0 Å². The van der Waals surface area contributed by atoms with Crippen LogP contribution in [-0.4, -0.2) is 25.7 Å². The molecule has 2 N–H and O–H groups in total. The van der Waals surface area contributed by atoms with E-state index in [1.165, 1.54) is 10.7 Å². The van der Waals surface area contributed by atoms with Crippen molar-refractivity contribution in [1.82, 2.24) is 14.6 Å². The van der Waals surface area contributed by atoms with E-state index in [0.717, 1.165) is 16.7 Å². The van der Waals surface area contributed by atoms with Gasteiger partial charge in [-0.15, -0.1) is 5.10 Å². The number of carbonyl (C=O) groups is 1. The van der Waals surface area contributed by atoms with Gasteiger partial charge in [-0.2, -0.15) is 0 Å². The topological polar surface area (TPSA) is 87.5 Å². The zero-order valence-electron chi connectivity index (χ0n) is 12.5. The zero-order valence-corrected chi connectivity index (χ0v) is 12.5. The van der Waals surface area contributed by atoms with Gasteiger partial charge in [0.2, 0.25) is 0 Å². The minimum Gasteiger partial charge on any atom is -0.478 e. The summed E-state index contributed by atoms with van der Waals surface area (Å²) in [5.41, 5.74) is 3.42. The number of benzene rings is 1. The van der Waals surface area contributed by atoms with Crippen molar-refractivity contribution in [3.8, 4) is 11.4 Å². The van der Waals surface area contributed by atoms with Crippen LogP contribution in [0.15, 0.2) is 29.2 Å². The van der Waals surface area contributed by atoms with Crippen LogP contribution in [0.4, 0.5) is 0 Å². The van der Waals surface area contributed by atoms with Gasteiger partial charge in [0, 0.05) is 11.8 Å². The standard InChI is InChI=1S/C16H15N3O3/c1-8-4-5-11(6-9(8)2)14-17-15(20)13-10(3)12(16(21)22)7-19(13)18-14/h4-7H,1-3H3,(H,21,22)(H,17,18,20). The van der Waals surface area contributed by atoms with E-state index >= 15 is 0 Å². The Kier molecular flexibility index (Phi) is 3.09. The van der Waals surface area contributed by atoms with Gasteiger partial charge in [-0.05, 0) is 43.5 Å². The van der Waals surface area contributed by atoms with E-state index in [1.54, 1.807) is 6.92 Å². The maximum absolute atomic E-state index is 12.3. The van der Waals surface area contributed by atoms with Gasteiger partial charge >= 0.3 is 5.97 Å². The first kappa shape index (κ1) is 14.1. The predicted molar refractivity (Wildman–Crippen MR) is 82.4 cm³/mol. The third-order valence-electron chi connectivity index (χ3n) is 3.91. The fourth-order valence-electron chi connectivity index (χ4n) is 2.47. The quantitative estimate of drug-likeness (QED) is 0.760. The van der Waals surface area contributed by atoms with Crippen LogP contribution in [0.3, 0.4) is 0 Å². The third kappa shape index (κ3) is 2.09. The molecule has 6 heteroatoms. The van der Waals surface area contributed by atoms with Gasteiger partial charge in [0.1, 0.15) is 5.52 Å². The molecular formula is C16H15N3O3. The van der Waals surface area contributed by atoms with Gasteiger partial charge in [-0.1, -0.05) is 12.1 Å². The van der Waals surface area contributed by atoms with Crippen LogP contribution >= 0.6 is 0 Å². The molecule has 0 saturated heterocycles. The Balaban J connectivity index is 2.27. The first-order chi connectivity index (χ1) is 10.4. The monoisotopic (exact) mass is 297 g/mol. The highest BCUT2D eigenvalue weighted by Gasteiger charge is 2.17. The molecule has 0 spiro atoms. The van der Waals surface area contributed by atoms with E-state index in [1.807, 2.05) is 32.0 Å². The molecule has 0 unspecified atom stereocenters. The Morgan fingerprint density at radius 2 is 1.95 bits per heavy atom. The molecule has 0 aliphatic carbocycles. The summed E-state index contributed by atoms with van der Waals surface area (Å²) >= 11 is 0. The Hall–Kier alpha value is -2.89. The molecule has 2 aromatic heterocycles. The fraction of sp³-hybridized carbons (Fsp3) is 0.188. The number of rotatable bonds is 2. The molecule has 0 radical (unpaired) electrons. The normalized spacial score (nSPS) is 11.0. The molecule has 1 aromatic carbocycles. The van der Waals surface area contributed by atoms with Crippen LogP contribution in [-0.2, 0) is 0 Å². The summed E-state index contributed by atoms with van der Waals surface area (Å²) in [7, 11) is 0. The van der Waals surface area contributed by atoms with Crippen molar-refractivity contribution in [3.05, 3.63) is 57.0 Å². The molecule has 0 aliphatic rings. The summed E-state index contributed by atoms with van der Waals surface area (Å²) in [5, 5.41) is 13.5. The Labute approximate surface area is 126 Å². The molecular weight excluding hydrogens is 282 g/mol. The molecule has 2 heterocycles. The van der Waals surface area contributed by atoms with Crippen molar-refractivity contribution in [2.75, 3.05) is 0 Å². The van der Waals surface area contributed by atoms with Crippen LogP contribution in [0.5, 0.6) is 0 Å². The van der Waals surface area contributed by atoms with Gasteiger partial charge in [-0.3, -0.25) is 4.79 Å². The van der Waals surface area contributed by atoms with Crippen molar-refractivity contribution >= 4 is 11.5 Å². The number of aryl methyl sites for hydroxylation is 3. The molecule has 3 rings (SSSR count). The number of aromatic nitrogens is 3. The average molecular weight is 297 g/mol. The number of aromatic amines is 1. The molecule has 3 aromatic rings. The first-order valence-corrected chi connectivity index (χ1v) is 6.81. The molecule has 0 saturated carbocycles. The van der Waals surface area contributed by atoms with Crippen LogP contribution in [0.1, 0.15) is 27.0 Å². The number of hydrogen-bond acceptors (Lipinski definition) is 3. The number of aromatic carboxylic acids is 1. The van der Waals surface area contributed by atoms with Crippen molar-refractivity contribution in [2.24, 2.45) is 0 Å². The maximum Gasteiger partial charge on any atom is 0.337 e. The van der Waals surface area contributed by atoms with Gasteiger partial charge in [0.05, 0.1) is 5.56 Å². The van der Waals surface area contributed by atoms with Gasteiger partial charge in [0.15, 0.2) is 5.82 Å². The summed E-state index contributed by atoms with van der Waals surface area (Å²) in [6.45, 7) is 5.59. The zero-order chi connectivity index (χ0) is 16.0. The predicted octanol–water partition coefficient (Wildman–Crippen LogP) is 2.31. The minimum absolute atomic E-state index is 0.0789. The second kappa shape index (κ2) is 4.84. The SMILES string of the molecule is Cc1ccc(-c2nn3cc(C(=O)O)c(C)c3c(=O)[nH]2)cc1C. The molecule has 0 fully saturated rings. The Morgan fingerprint density at radius 3 is 2.59 bits per heavy atom. The number of hydrogen-bond donors (Lipinski definition) is 2. The van der Waals surface area contributed by atoms with E-state index in [2.05, 4.69) is 10.1 Å². The number of nitrogens with zero attached hydrogens (tertiary/aromatic N) is 2. The summed E-state index contributed by atoms with van der Waals surface area (Å²) in [6.07, 6.45) is 1.37. The summed E-state index contributed by atoms with van der Waals surface area (Å²) in [6, 6.07) is 5.77. The number of carboxylic acids is 1. The highest BCUT2D eigenvalue weighted by atomic mass is 16.4. The lowest BCUT2D eigenvalue weighted by Gasteiger charge is -2.05. The first-order valence-electron chi connectivity index (χ1n) is 6.81. The Bertz CT molecular complexity index is 967. The van der Waals surface area contributed by atoms with Crippen LogP contribution in [0, 0.1) is 20.8 Å². The fourth-order valence-corrected chi connectivity index (χ4v) is 2.47. The molecule has 0 amide bonds. The lowest BCUT2D eigenvalue weighted by Crippen LogP contribution is -2.14. The molecule has 0 atom stereocenters. The number of H-pyrrole nitrogens is 1. The number of fused-ring (bicyclic) bond motifs is 1. The van der Waals surface area contributed by atoms with Crippen molar-refractivity contribution < 1.29 is 9.90 Å². The third-order valence-corrected chi connectivity index (χ3v) is 3.91. The Morgan fingerprint density at radius 1 is 1.23 bits per heavy atom. The summed E-state index contributed by atoms with van der Waals surface area (Å²) in [4.78, 5) is 26.2. The molecule has 112 valence electrons. The largest absolute Gasteiger partial charge is 0.478 e. The number of nitrogens with one attached hydrogen (secondary N) is 1. The van der Waals surface area contributed by atoms with Gasteiger partial charge in [0.25, 0.3) is 5.56 Å². The van der Waals surface area contributed by atoms with Crippen LogP contribution in [0.2, 0.25) is 0 Å². The van der Waals surface area contributed by atoms with Crippen molar-refractivity contribution in [1.29, 1.82) is 0 Å². The molecule has 0 bridgehead atoms. The van der Waals surface area contributed by atoms with E-state index in [9.17, 15) is 9.59 Å². The maximum atomic E-state index is 12.3. The summed E-state index contributed by atoms with van der Waals surface area (Å²) < 4.78 is 1.34. The second-order valence-corrected chi connectivity index (χ2v) is 5.37. The van der Waals surface area contributed by atoms with E-state index < -0.39 is 5.97 Å². The van der Waals surface area contributed by atoms with E-state index in [0.29, 0.717) is 11.4 Å². The second-order valence-electron chi connectivity index (χ2n) is 5.37. The van der Waals surface area contributed by atoms with Crippen molar-refractivity contribution in [2.45, 2.75) is 20.8 Å². The lowest BCUT2D eigenvalue weighted by molar-refractivity contribution is 0.0696. The van der Waals surface area contributed by atoms with Gasteiger partial charge < -0.3 is 10.1 Å². The van der Waals surface area contributed by atoms with Crippen LogP contribution in [0.25, 0.3) is 16.9 Å². The molecule has 6 nitrogen and oxygen atoms in total. The average Bonchev–Trinajstić information content (AvgIpc) is 2.79. The van der Waals surface area contributed by atoms with Crippen LogP contribution < -0.4 is 5.56 Å². The molecule has 0 aliphatic heterocycles. The van der Waals surface area contributed by atoms with E-state index in [4.69, 9.17) is 5.11 Å².